The first kappa shape index (κ1) is 19.2. The number of hydrogen-bond acceptors (Lipinski definition) is 4. The van der Waals surface area contributed by atoms with Gasteiger partial charge in [-0.25, -0.2) is 13.4 Å². The average molecular weight is 390 g/mol. The van der Waals surface area contributed by atoms with Gasteiger partial charge in [-0.05, 0) is 31.0 Å². The molecule has 1 saturated carbocycles. The van der Waals surface area contributed by atoms with Gasteiger partial charge in [0.25, 0.3) is 0 Å². The van der Waals surface area contributed by atoms with Crippen LogP contribution in [0, 0.1) is 5.92 Å². The third kappa shape index (κ3) is 3.46. The summed E-state index contributed by atoms with van der Waals surface area (Å²) in [5, 5.41) is 0. The number of alkyl halides is 3. The molecule has 1 aliphatic rings. The average Bonchev–Trinajstić information content (AvgIpc) is 3.02. The van der Waals surface area contributed by atoms with Crippen LogP contribution in [0.3, 0.4) is 0 Å². The van der Waals surface area contributed by atoms with Crippen molar-refractivity contribution in [2.75, 3.05) is 7.05 Å². The molecule has 1 fully saturated rings. The van der Waals surface area contributed by atoms with Crippen LogP contribution in [0.2, 0.25) is 0 Å². The van der Waals surface area contributed by atoms with Crippen LogP contribution in [-0.4, -0.2) is 37.0 Å². The highest BCUT2D eigenvalue weighted by Gasteiger charge is 2.49. The van der Waals surface area contributed by atoms with Gasteiger partial charge in [-0.2, -0.15) is 17.5 Å². The van der Waals surface area contributed by atoms with Crippen LogP contribution >= 0.6 is 0 Å². The van der Waals surface area contributed by atoms with Gasteiger partial charge in [0, 0.05) is 19.5 Å². The summed E-state index contributed by atoms with van der Waals surface area (Å²) in [7, 11) is -2.84. The molecule has 0 unspecified atom stereocenters. The minimum Gasteiger partial charge on any atom is -0.441 e. The Balaban J connectivity index is 1.95. The largest absolute Gasteiger partial charge is 0.441 e. The number of aryl methyl sites for hydroxylation is 1. The maximum Gasteiger partial charge on any atom is 0.393 e. The van der Waals surface area contributed by atoms with Gasteiger partial charge in [0.2, 0.25) is 10.0 Å². The number of aromatic nitrogens is 1. The molecule has 1 aromatic carbocycles. The third-order valence-electron chi connectivity index (χ3n) is 5.00. The van der Waals surface area contributed by atoms with Crippen molar-refractivity contribution in [2.45, 2.75) is 56.1 Å². The summed E-state index contributed by atoms with van der Waals surface area (Å²) in [5.41, 5.74) is 0.835. The summed E-state index contributed by atoms with van der Waals surface area (Å²) in [6, 6.07) is 3.11. The Bertz CT molecular complexity index is 892. The molecule has 0 bridgehead atoms. The molecule has 0 saturated heterocycles. The molecule has 9 heteroatoms. The fraction of sp³-hybridized carbons (Fsp3) is 0.588. The molecular weight excluding hydrogens is 369 g/mol. The monoisotopic (exact) mass is 390 g/mol. The summed E-state index contributed by atoms with van der Waals surface area (Å²) in [5.74, 6) is -1.16. The molecule has 1 aliphatic carbocycles. The standard InChI is InChI=1S/C17H21F3N2O3S/c1-3-16-21-13-10-11(8-9-15(13)25-16)26(23,24)22(2)14-7-5-4-6-12(14)17(18,19)20/h8-10,12,14H,3-7H2,1-2H3/t12-,14+/m1/s1. The molecule has 2 aromatic rings. The van der Waals surface area contributed by atoms with E-state index in [0.29, 0.717) is 36.3 Å². The zero-order chi connectivity index (χ0) is 19.1. The van der Waals surface area contributed by atoms with Crippen molar-refractivity contribution in [3.8, 4) is 0 Å². The smallest absolute Gasteiger partial charge is 0.393 e. The number of fused-ring (bicyclic) bond motifs is 1. The Labute approximate surface area is 150 Å². The number of sulfonamides is 1. The SMILES string of the molecule is CCc1nc2cc(S(=O)(=O)N(C)[C@H]3CCCC[C@H]3C(F)(F)F)ccc2o1. The van der Waals surface area contributed by atoms with Gasteiger partial charge in [-0.1, -0.05) is 19.8 Å². The molecule has 144 valence electrons. The van der Waals surface area contributed by atoms with Gasteiger partial charge in [0.05, 0.1) is 10.8 Å². The fourth-order valence-electron chi connectivity index (χ4n) is 3.54. The second-order valence-corrected chi connectivity index (χ2v) is 8.61. The van der Waals surface area contributed by atoms with Crippen LogP contribution in [0.4, 0.5) is 13.2 Å². The van der Waals surface area contributed by atoms with Crippen LogP contribution in [-0.2, 0) is 16.4 Å². The maximum absolute atomic E-state index is 13.3. The zero-order valence-electron chi connectivity index (χ0n) is 14.6. The van der Waals surface area contributed by atoms with Gasteiger partial charge in [0.1, 0.15) is 5.52 Å². The molecule has 0 spiro atoms. The highest BCUT2D eigenvalue weighted by Crippen LogP contribution is 2.41. The van der Waals surface area contributed by atoms with Crippen molar-refractivity contribution in [1.82, 2.24) is 9.29 Å². The quantitative estimate of drug-likeness (QED) is 0.787. The molecule has 26 heavy (non-hydrogen) atoms. The fourth-order valence-corrected chi connectivity index (χ4v) is 4.98. The number of rotatable bonds is 4. The highest BCUT2D eigenvalue weighted by atomic mass is 32.2. The zero-order valence-corrected chi connectivity index (χ0v) is 15.4. The van der Waals surface area contributed by atoms with Crippen LogP contribution in [0.5, 0.6) is 0 Å². The summed E-state index contributed by atoms with van der Waals surface area (Å²) in [6.07, 6.45) is -2.66. The lowest BCUT2D eigenvalue weighted by Crippen LogP contribution is -2.48. The third-order valence-corrected chi connectivity index (χ3v) is 6.88. The van der Waals surface area contributed by atoms with E-state index in [1.807, 2.05) is 6.92 Å². The molecule has 0 N–H and O–H groups in total. The summed E-state index contributed by atoms with van der Waals surface area (Å²) >= 11 is 0. The first-order valence-electron chi connectivity index (χ1n) is 8.59. The highest BCUT2D eigenvalue weighted by molar-refractivity contribution is 7.89. The van der Waals surface area contributed by atoms with Crippen molar-refractivity contribution in [2.24, 2.45) is 5.92 Å². The minimum absolute atomic E-state index is 0.0454. The normalized spacial score (nSPS) is 22.2. The van der Waals surface area contributed by atoms with E-state index in [-0.39, 0.29) is 17.7 Å². The van der Waals surface area contributed by atoms with Crippen molar-refractivity contribution in [1.29, 1.82) is 0 Å². The predicted molar refractivity (Wildman–Crippen MR) is 90.1 cm³/mol. The number of benzene rings is 1. The van der Waals surface area contributed by atoms with E-state index < -0.39 is 28.2 Å². The van der Waals surface area contributed by atoms with Crippen LogP contribution < -0.4 is 0 Å². The Hall–Kier alpha value is -1.61. The Morgan fingerprint density at radius 1 is 1.27 bits per heavy atom. The molecule has 1 heterocycles. The number of hydrogen-bond donors (Lipinski definition) is 0. The summed E-state index contributed by atoms with van der Waals surface area (Å²) in [4.78, 5) is 4.13. The van der Waals surface area contributed by atoms with E-state index in [1.54, 1.807) is 0 Å². The maximum atomic E-state index is 13.3. The van der Waals surface area contributed by atoms with Crippen molar-refractivity contribution < 1.29 is 26.0 Å². The first-order valence-corrected chi connectivity index (χ1v) is 10.0. The Kier molecular flexibility index (Phi) is 5.04. The van der Waals surface area contributed by atoms with E-state index in [0.717, 1.165) is 4.31 Å². The van der Waals surface area contributed by atoms with Gasteiger partial charge < -0.3 is 4.42 Å². The number of oxazole rings is 1. The first-order chi connectivity index (χ1) is 12.1. The lowest BCUT2D eigenvalue weighted by atomic mass is 9.84. The molecule has 3 rings (SSSR count). The van der Waals surface area contributed by atoms with Gasteiger partial charge in [-0.3, -0.25) is 0 Å². The van der Waals surface area contributed by atoms with E-state index >= 15 is 0 Å². The number of halogens is 3. The molecule has 2 atom stereocenters. The van der Waals surface area contributed by atoms with Crippen LogP contribution in [0.1, 0.15) is 38.5 Å². The molecule has 0 radical (unpaired) electrons. The van der Waals surface area contributed by atoms with Gasteiger partial charge in [-0.15, -0.1) is 0 Å². The van der Waals surface area contributed by atoms with E-state index in [4.69, 9.17) is 4.42 Å². The topological polar surface area (TPSA) is 63.4 Å². The van der Waals surface area contributed by atoms with Crippen molar-refractivity contribution >= 4 is 21.1 Å². The molecule has 5 nitrogen and oxygen atoms in total. The van der Waals surface area contributed by atoms with Gasteiger partial charge in [0.15, 0.2) is 11.5 Å². The van der Waals surface area contributed by atoms with E-state index in [9.17, 15) is 21.6 Å². The molecule has 1 aromatic heterocycles. The van der Waals surface area contributed by atoms with Crippen LogP contribution in [0.25, 0.3) is 11.1 Å². The second kappa shape index (κ2) is 6.84. The lowest BCUT2D eigenvalue weighted by molar-refractivity contribution is -0.193. The van der Waals surface area contributed by atoms with Crippen molar-refractivity contribution in [3.63, 3.8) is 0 Å². The van der Waals surface area contributed by atoms with Crippen LogP contribution in [0.15, 0.2) is 27.5 Å². The van der Waals surface area contributed by atoms with E-state index in [1.165, 1.54) is 25.2 Å². The Morgan fingerprint density at radius 3 is 2.62 bits per heavy atom. The van der Waals surface area contributed by atoms with Gasteiger partial charge >= 0.3 is 6.18 Å². The predicted octanol–water partition coefficient (Wildman–Crippen LogP) is 4.13. The number of nitrogens with zero attached hydrogens (tertiary/aromatic N) is 2. The summed E-state index contributed by atoms with van der Waals surface area (Å²) < 4.78 is 72.2. The minimum atomic E-state index is -4.42. The molecule has 0 amide bonds. The molecule has 0 aliphatic heterocycles. The van der Waals surface area contributed by atoms with Crippen molar-refractivity contribution in [3.05, 3.63) is 24.1 Å². The Morgan fingerprint density at radius 2 is 1.96 bits per heavy atom. The molecular formula is C17H21F3N2O3S. The summed E-state index contributed by atoms with van der Waals surface area (Å²) in [6.45, 7) is 1.86. The van der Waals surface area contributed by atoms with E-state index in [2.05, 4.69) is 4.98 Å². The second-order valence-electron chi connectivity index (χ2n) is 6.61. The lowest BCUT2D eigenvalue weighted by Gasteiger charge is -2.38.